The molecule has 0 unspecified atom stereocenters. The van der Waals surface area contributed by atoms with E-state index in [9.17, 15) is 0 Å². The van der Waals surface area contributed by atoms with Gasteiger partial charge in [0.05, 0.1) is 0 Å². The van der Waals surface area contributed by atoms with Crippen LogP contribution in [0.4, 0.5) is 0 Å². The number of nitrogens with two attached hydrogens (primary N) is 1. The van der Waals surface area contributed by atoms with Crippen molar-refractivity contribution in [2.75, 3.05) is 6.54 Å². The Morgan fingerprint density at radius 1 is 1.17 bits per heavy atom. The predicted molar refractivity (Wildman–Crippen MR) is 57.5 cm³/mol. The fourth-order valence-electron chi connectivity index (χ4n) is 1.44. The molecule has 0 saturated carbocycles. The Morgan fingerprint density at radius 3 is 2.42 bits per heavy atom. The van der Waals surface area contributed by atoms with Gasteiger partial charge in [0, 0.05) is 10.2 Å². The van der Waals surface area contributed by atoms with Gasteiger partial charge in [-0.25, -0.2) is 0 Å². The van der Waals surface area contributed by atoms with Crippen molar-refractivity contribution in [3.05, 3.63) is 35.4 Å². The lowest BCUT2D eigenvalue weighted by Gasteiger charge is -2.05. The Hall–Kier alpha value is -0.603. The van der Waals surface area contributed by atoms with Crippen LogP contribution in [-0.2, 0) is 12.5 Å². The molecule has 0 aromatic heterocycles. The van der Waals surface area contributed by atoms with E-state index in [1.54, 1.807) is 0 Å². The van der Waals surface area contributed by atoms with Gasteiger partial charge in [-0.1, -0.05) is 24.3 Å². The SMILES string of the molecule is NCCCc1ccccc1C[SiH3]. The average Bonchev–Trinajstić information content (AvgIpc) is 2.15. The van der Waals surface area contributed by atoms with Crippen molar-refractivity contribution in [2.45, 2.75) is 18.9 Å². The van der Waals surface area contributed by atoms with Crippen molar-refractivity contribution in [3.8, 4) is 0 Å². The fraction of sp³-hybridized carbons (Fsp3) is 0.400. The molecular weight excluding hydrogens is 162 g/mol. The molecule has 0 aliphatic rings. The molecule has 66 valence electrons. The summed E-state index contributed by atoms with van der Waals surface area (Å²) in [6, 6.07) is 9.97. The second kappa shape index (κ2) is 5.12. The van der Waals surface area contributed by atoms with E-state index in [0.717, 1.165) is 19.4 Å². The second-order valence-electron chi connectivity index (χ2n) is 3.01. The highest BCUT2D eigenvalue weighted by Crippen LogP contribution is 2.10. The van der Waals surface area contributed by atoms with E-state index in [2.05, 4.69) is 24.3 Å². The van der Waals surface area contributed by atoms with Crippen molar-refractivity contribution in [1.29, 1.82) is 0 Å². The molecule has 0 radical (unpaired) electrons. The molecule has 0 aliphatic carbocycles. The number of benzene rings is 1. The minimum Gasteiger partial charge on any atom is -0.330 e. The highest BCUT2D eigenvalue weighted by atomic mass is 28.1. The smallest absolute Gasteiger partial charge is 0.00834 e. The Morgan fingerprint density at radius 2 is 1.83 bits per heavy atom. The van der Waals surface area contributed by atoms with E-state index in [0.29, 0.717) is 0 Å². The summed E-state index contributed by atoms with van der Waals surface area (Å²) in [5.41, 5.74) is 8.50. The zero-order valence-electron chi connectivity index (χ0n) is 7.72. The van der Waals surface area contributed by atoms with Crippen molar-refractivity contribution in [1.82, 2.24) is 0 Å². The van der Waals surface area contributed by atoms with E-state index < -0.39 is 0 Å². The Labute approximate surface area is 77.4 Å². The molecule has 12 heavy (non-hydrogen) atoms. The lowest BCUT2D eigenvalue weighted by molar-refractivity contribution is 0.827. The van der Waals surface area contributed by atoms with Crippen molar-refractivity contribution < 1.29 is 0 Å². The Balaban J connectivity index is 2.68. The lowest BCUT2D eigenvalue weighted by atomic mass is 10.0. The van der Waals surface area contributed by atoms with Crippen molar-refractivity contribution >= 4 is 10.2 Å². The number of hydrogen-bond acceptors (Lipinski definition) is 1. The molecule has 0 spiro atoms. The zero-order valence-corrected chi connectivity index (χ0v) is 9.72. The van der Waals surface area contributed by atoms with Gasteiger partial charge in [-0.15, -0.1) is 0 Å². The highest BCUT2D eigenvalue weighted by Gasteiger charge is 1.97. The van der Waals surface area contributed by atoms with E-state index >= 15 is 0 Å². The predicted octanol–water partition coefficient (Wildman–Crippen LogP) is 0.443. The van der Waals surface area contributed by atoms with Crippen LogP contribution >= 0.6 is 0 Å². The third-order valence-corrected chi connectivity index (χ3v) is 2.91. The highest BCUT2D eigenvalue weighted by molar-refractivity contribution is 6.08. The summed E-state index contributed by atoms with van der Waals surface area (Å²) in [6.07, 6.45) is 2.26. The summed E-state index contributed by atoms with van der Waals surface area (Å²) in [5.74, 6) is 0. The molecule has 1 nitrogen and oxygen atoms in total. The molecule has 0 heterocycles. The topological polar surface area (TPSA) is 26.0 Å². The molecule has 1 aromatic rings. The molecular formula is C10H17NSi. The van der Waals surface area contributed by atoms with Crippen molar-refractivity contribution in [2.24, 2.45) is 5.73 Å². The average molecular weight is 179 g/mol. The summed E-state index contributed by atoms with van der Waals surface area (Å²) in [4.78, 5) is 0. The number of hydrogen-bond donors (Lipinski definition) is 1. The number of rotatable bonds is 4. The van der Waals surface area contributed by atoms with Gasteiger partial charge in [-0.3, -0.25) is 0 Å². The summed E-state index contributed by atoms with van der Waals surface area (Å²) < 4.78 is 0. The van der Waals surface area contributed by atoms with Crippen LogP contribution in [-0.4, -0.2) is 16.8 Å². The van der Waals surface area contributed by atoms with Gasteiger partial charge >= 0.3 is 0 Å². The number of aryl methyl sites for hydroxylation is 1. The van der Waals surface area contributed by atoms with Crippen LogP contribution in [0, 0.1) is 0 Å². The molecule has 2 heteroatoms. The van der Waals surface area contributed by atoms with Gasteiger partial charge < -0.3 is 5.73 Å². The van der Waals surface area contributed by atoms with Gasteiger partial charge in [0.2, 0.25) is 0 Å². The maximum atomic E-state index is 5.48. The molecule has 0 bridgehead atoms. The molecule has 0 atom stereocenters. The monoisotopic (exact) mass is 179 g/mol. The van der Waals surface area contributed by atoms with Gasteiger partial charge in [-0.2, -0.15) is 0 Å². The van der Waals surface area contributed by atoms with Gasteiger partial charge in [0.15, 0.2) is 0 Å². The first-order valence-electron chi connectivity index (χ1n) is 4.65. The molecule has 0 aliphatic heterocycles. The third-order valence-electron chi connectivity index (χ3n) is 2.15. The molecule has 0 fully saturated rings. The van der Waals surface area contributed by atoms with E-state index in [1.807, 2.05) is 0 Å². The lowest BCUT2D eigenvalue weighted by Crippen LogP contribution is -2.02. The van der Waals surface area contributed by atoms with Gasteiger partial charge in [0.25, 0.3) is 0 Å². The van der Waals surface area contributed by atoms with Crippen LogP contribution in [0.25, 0.3) is 0 Å². The molecule has 0 amide bonds. The maximum absolute atomic E-state index is 5.48. The summed E-state index contributed by atoms with van der Waals surface area (Å²) >= 11 is 0. The van der Waals surface area contributed by atoms with Crippen LogP contribution in [0.15, 0.2) is 24.3 Å². The first kappa shape index (κ1) is 9.48. The normalized spacial score (nSPS) is 10.4. The Kier molecular flexibility index (Phi) is 4.04. The minimum absolute atomic E-state index is 0.801. The van der Waals surface area contributed by atoms with Crippen LogP contribution in [0.2, 0.25) is 0 Å². The standard InChI is InChI=1S/C10H17NSi/c11-7-3-6-9-4-1-2-5-10(9)8-12/h1-2,4-5H,3,6-8,11H2,12H3. The molecule has 2 N–H and O–H groups in total. The largest absolute Gasteiger partial charge is 0.330 e. The van der Waals surface area contributed by atoms with Gasteiger partial charge in [0.1, 0.15) is 0 Å². The molecule has 0 saturated heterocycles. The quantitative estimate of drug-likeness (QED) is 0.667. The van der Waals surface area contributed by atoms with Crippen LogP contribution in [0.3, 0.4) is 0 Å². The van der Waals surface area contributed by atoms with E-state index in [-0.39, 0.29) is 0 Å². The van der Waals surface area contributed by atoms with Crippen LogP contribution in [0.1, 0.15) is 17.5 Å². The minimum atomic E-state index is 0.801. The Bertz CT molecular complexity index is 235. The van der Waals surface area contributed by atoms with E-state index in [1.165, 1.54) is 27.4 Å². The summed E-state index contributed by atoms with van der Waals surface area (Å²) in [5, 5.41) is 0. The first-order chi connectivity index (χ1) is 5.88. The summed E-state index contributed by atoms with van der Waals surface area (Å²) in [6.45, 7) is 0.801. The van der Waals surface area contributed by atoms with E-state index in [4.69, 9.17) is 5.73 Å². The third kappa shape index (κ3) is 2.46. The fourth-order valence-corrected chi connectivity index (χ4v) is 2.13. The summed E-state index contributed by atoms with van der Waals surface area (Å²) in [7, 11) is 1.25. The molecule has 1 aromatic carbocycles. The van der Waals surface area contributed by atoms with Crippen molar-refractivity contribution in [3.63, 3.8) is 0 Å². The van der Waals surface area contributed by atoms with Crippen LogP contribution in [0.5, 0.6) is 0 Å². The van der Waals surface area contributed by atoms with Gasteiger partial charge in [-0.05, 0) is 36.6 Å². The maximum Gasteiger partial charge on any atom is 0.00834 e. The second-order valence-corrected chi connectivity index (χ2v) is 3.72. The zero-order chi connectivity index (χ0) is 8.81. The van der Waals surface area contributed by atoms with Crippen LogP contribution < -0.4 is 5.73 Å². The molecule has 1 rings (SSSR count). The first-order valence-corrected chi connectivity index (χ1v) is 6.06.